The third kappa shape index (κ3) is 3.44. The Hall–Kier alpha value is -1.62. The van der Waals surface area contributed by atoms with E-state index in [1.807, 2.05) is 13.0 Å². The summed E-state index contributed by atoms with van der Waals surface area (Å²) in [6, 6.07) is 6.03. The Bertz CT molecular complexity index is 560. The molecule has 0 unspecified atom stereocenters. The van der Waals surface area contributed by atoms with Crippen molar-refractivity contribution in [3.05, 3.63) is 40.0 Å². The summed E-state index contributed by atoms with van der Waals surface area (Å²) >= 11 is 3.57. The van der Waals surface area contributed by atoms with Crippen molar-refractivity contribution >= 4 is 33.4 Å². The highest BCUT2D eigenvalue weighted by Crippen LogP contribution is 2.26. The molecule has 0 saturated carbocycles. The van der Waals surface area contributed by atoms with Crippen LogP contribution in [0.3, 0.4) is 0 Å². The molecular formula is C14H17BrN4. The van der Waals surface area contributed by atoms with Crippen molar-refractivity contribution in [3.63, 3.8) is 0 Å². The Morgan fingerprint density at radius 3 is 2.53 bits per heavy atom. The van der Waals surface area contributed by atoms with E-state index in [1.54, 1.807) is 6.20 Å². The van der Waals surface area contributed by atoms with E-state index in [-0.39, 0.29) is 0 Å². The van der Waals surface area contributed by atoms with Crippen LogP contribution in [-0.2, 0) is 0 Å². The molecule has 2 rings (SSSR count). The van der Waals surface area contributed by atoms with Gasteiger partial charge in [-0.3, -0.25) is 0 Å². The van der Waals surface area contributed by atoms with Crippen LogP contribution < -0.4 is 10.6 Å². The molecule has 0 aliphatic rings. The predicted molar refractivity (Wildman–Crippen MR) is 83.1 cm³/mol. The summed E-state index contributed by atoms with van der Waals surface area (Å²) < 4.78 is 1.15. The monoisotopic (exact) mass is 320 g/mol. The van der Waals surface area contributed by atoms with E-state index in [9.17, 15) is 0 Å². The lowest BCUT2D eigenvalue weighted by atomic mass is 10.1. The Kier molecular flexibility index (Phi) is 4.37. The molecule has 0 atom stereocenters. The van der Waals surface area contributed by atoms with Crippen LogP contribution in [0.25, 0.3) is 0 Å². The predicted octanol–water partition coefficient (Wildman–Crippen LogP) is 4.03. The van der Waals surface area contributed by atoms with Gasteiger partial charge in [0.25, 0.3) is 0 Å². The number of halogens is 1. The van der Waals surface area contributed by atoms with E-state index in [1.165, 1.54) is 11.1 Å². The van der Waals surface area contributed by atoms with Gasteiger partial charge in [0.05, 0.1) is 0 Å². The Labute approximate surface area is 121 Å². The summed E-state index contributed by atoms with van der Waals surface area (Å²) in [5.74, 6) is 1.42. The average Bonchev–Trinajstić information content (AvgIpc) is 2.37. The fourth-order valence-electron chi connectivity index (χ4n) is 1.84. The highest BCUT2D eigenvalue weighted by molar-refractivity contribution is 9.10. The van der Waals surface area contributed by atoms with Gasteiger partial charge < -0.3 is 10.6 Å². The molecule has 2 N–H and O–H groups in total. The quantitative estimate of drug-likeness (QED) is 0.892. The molecular weight excluding hydrogens is 304 g/mol. The number of nitrogens with one attached hydrogen (secondary N) is 2. The summed E-state index contributed by atoms with van der Waals surface area (Å²) in [7, 11) is 0. The molecule has 100 valence electrons. The van der Waals surface area contributed by atoms with E-state index in [2.05, 4.69) is 62.5 Å². The molecule has 1 aromatic carbocycles. The number of nitrogens with zero attached hydrogens (tertiary/aromatic N) is 2. The van der Waals surface area contributed by atoms with E-state index in [0.717, 1.165) is 22.5 Å². The van der Waals surface area contributed by atoms with Crippen molar-refractivity contribution in [1.29, 1.82) is 0 Å². The smallest absolute Gasteiger partial charge is 0.224 e. The standard InChI is InChI=1S/C14H17BrN4/c1-4-16-14-17-6-5-12(19-14)18-11-7-9(2)13(15)10(3)8-11/h5-8H,4H2,1-3H3,(H2,16,17,18,19). The van der Waals surface area contributed by atoms with Crippen molar-refractivity contribution < 1.29 is 0 Å². The Balaban J connectivity index is 2.23. The zero-order chi connectivity index (χ0) is 13.8. The molecule has 5 heteroatoms. The molecule has 1 aromatic heterocycles. The van der Waals surface area contributed by atoms with Gasteiger partial charge in [0.2, 0.25) is 5.95 Å². The van der Waals surface area contributed by atoms with Crippen LogP contribution in [0, 0.1) is 13.8 Å². The van der Waals surface area contributed by atoms with Crippen LogP contribution in [0.15, 0.2) is 28.9 Å². The number of hydrogen-bond donors (Lipinski definition) is 2. The van der Waals surface area contributed by atoms with E-state index >= 15 is 0 Å². The third-order valence-electron chi connectivity index (χ3n) is 2.70. The van der Waals surface area contributed by atoms with Gasteiger partial charge >= 0.3 is 0 Å². The van der Waals surface area contributed by atoms with Gasteiger partial charge in [-0.05, 0) is 50.1 Å². The van der Waals surface area contributed by atoms with E-state index < -0.39 is 0 Å². The van der Waals surface area contributed by atoms with Crippen molar-refractivity contribution in [2.45, 2.75) is 20.8 Å². The zero-order valence-electron chi connectivity index (χ0n) is 11.3. The molecule has 2 aromatic rings. The normalized spacial score (nSPS) is 10.3. The van der Waals surface area contributed by atoms with Gasteiger partial charge in [-0.1, -0.05) is 15.9 Å². The molecule has 0 amide bonds. The molecule has 0 radical (unpaired) electrons. The largest absolute Gasteiger partial charge is 0.354 e. The van der Waals surface area contributed by atoms with Gasteiger partial charge in [-0.25, -0.2) is 4.98 Å². The Morgan fingerprint density at radius 2 is 1.89 bits per heavy atom. The number of aromatic nitrogens is 2. The number of benzene rings is 1. The number of rotatable bonds is 4. The number of aryl methyl sites for hydroxylation is 2. The molecule has 4 nitrogen and oxygen atoms in total. The van der Waals surface area contributed by atoms with Crippen molar-refractivity contribution in [3.8, 4) is 0 Å². The average molecular weight is 321 g/mol. The molecule has 0 saturated heterocycles. The summed E-state index contributed by atoms with van der Waals surface area (Å²) in [5.41, 5.74) is 3.42. The van der Waals surface area contributed by atoms with Crippen LogP contribution in [0.1, 0.15) is 18.1 Å². The third-order valence-corrected chi connectivity index (χ3v) is 3.95. The lowest BCUT2D eigenvalue weighted by Crippen LogP contribution is -2.03. The molecule has 1 heterocycles. The van der Waals surface area contributed by atoms with Gasteiger partial charge in [0.1, 0.15) is 5.82 Å². The first-order chi connectivity index (χ1) is 9.10. The first kappa shape index (κ1) is 13.8. The molecule has 0 fully saturated rings. The van der Waals surface area contributed by atoms with Gasteiger partial charge in [-0.2, -0.15) is 4.98 Å². The molecule has 0 aliphatic heterocycles. The highest BCUT2D eigenvalue weighted by atomic mass is 79.9. The summed E-state index contributed by atoms with van der Waals surface area (Å²) in [6.45, 7) is 6.98. The fraction of sp³-hybridized carbons (Fsp3) is 0.286. The first-order valence-corrected chi connectivity index (χ1v) is 7.00. The SMILES string of the molecule is CCNc1nccc(Nc2cc(C)c(Br)c(C)c2)n1. The van der Waals surface area contributed by atoms with Crippen molar-refractivity contribution in [2.75, 3.05) is 17.2 Å². The second-order valence-electron chi connectivity index (χ2n) is 4.34. The minimum atomic E-state index is 0.637. The van der Waals surface area contributed by atoms with Gasteiger partial charge in [0, 0.05) is 22.9 Å². The van der Waals surface area contributed by atoms with Crippen LogP contribution >= 0.6 is 15.9 Å². The van der Waals surface area contributed by atoms with Gasteiger partial charge in [0.15, 0.2) is 0 Å². The molecule has 0 bridgehead atoms. The summed E-state index contributed by atoms with van der Waals surface area (Å²) in [6.07, 6.45) is 1.74. The maximum absolute atomic E-state index is 4.39. The van der Waals surface area contributed by atoms with Crippen molar-refractivity contribution in [1.82, 2.24) is 9.97 Å². The van der Waals surface area contributed by atoms with Crippen LogP contribution in [0.5, 0.6) is 0 Å². The second kappa shape index (κ2) is 6.02. The first-order valence-electron chi connectivity index (χ1n) is 6.21. The minimum Gasteiger partial charge on any atom is -0.354 e. The number of anilines is 3. The maximum atomic E-state index is 4.39. The number of hydrogen-bond acceptors (Lipinski definition) is 4. The maximum Gasteiger partial charge on any atom is 0.224 e. The minimum absolute atomic E-state index is 0.637. The van der Waals surface area contributed by atoms with Crippen LogP contribution in [0.4, 0.5) is 17.5 Å². The summed E-state index contributed by atoms with van der Waals surface area (Å²) in [4.78, 5) is 8.54. The lowest BCUT2D eigenvalue weighted by Gasteiger charge is -2.10. The molecule has 19 heavy (non-hydrogen) atoms. The van der Waals surface area contributed by atoms with E-state index in [4.69, 9.17) is 0 Å². The molecule has 0 aliphatic carbocycles. The summed E-state index contributed by atoms with van der Waals surface area (Å²) in [5, 5.41) is 6.40. The van der Waals surface area contributed by atoms with E-state index in [0.29, 0.717) is 5.95 Å². The zero-order valence-corrected chi connectivity index (χ0v) is 12.9. The molecule has 0 spiro atoms. The highest BCUT2D eigenvalue weighted by Gasteiger charge is 2.04. The van der Waals surface area contributed by atoms with Crippen LogP contribution in [-0.4, -0.2) is 16.5 Å². The van der Waals surface area contributed by atoms with Gasteiger partial charge in [-0.15, -0.1) is 0 Å². The van der Waals surface area contributed by atoms with Crippen LogP contribution in [0.2, 0.25) is 0 Å². The topological polar surface area (TPSA) is 49.8 Å². The Morgan fingerprint density at radius 1 is 1.21 bits per heavy atom. The fourth-order valence-corrected chi connectivity index (χ4v) is 2.07. The second-order valence-corrected chi connectivity index (χ2v) is 5.14. The van der Waals surface area contributed by atoms with Crippen molar-refractivity contribution in [2.24, 2.45) is 0 Å². The lowest BCUT2D eigenvalue weighted by molar-refractivity contribution is 1.09.